The number of carbonyl (C=O) groups excluding carboxylic acids is 3. The van der Waals surface area contributed by atoms with E-state index in [1.54, 1.807) is 54.9 Å². The number of nitrogens with zero attached hydrogens (tertiary/aromatic N) is 2. The molecule has 0 saturated heterocycles. The van der Waals surface area contributed by atoms with Crippen LogP contribution in [-0.2, 0) is 14.4 Å². The molecule has 2 heterocycles. The maximum Gasteiger partial charge on any atom is 0.326 e. The Morgan fingerprint density at radius 1 is 1.11 bits per heavy atom. The summed E-state index contributed by atoms with van der Waals surface area (Å²) >= 11 is 0. The van der Waals surface area contributed by atoms with Gasteiger partial charge in [0.2, 0.25) is 11.8 Å². The second kappa shape index (κ2) is 12.3. The van der Waals surface area contributed by atoms with Crippen LogP contribution in [0, 0.1) is 6.92 Å². The highest BCUT2D eigenvalue weighted by atomic mass is 16.4. The van der Waals surface area contributed by atoms with E-state index in [0.717, 1.165) is 5.56 Å². The summed E-state index contributed by atoms with van der Waals surface area (Å²) in [5.41, 5.74) is 1.64. The lowest BCUT2D eigenvalue weighted by Crippen LogP contribution is -2.44. The van der Waals surface area contributed by atoms with Crippen molar-refractivity contribution in [3.8, 4) is 0 Å². The van der Waals surface area contributed by atoms with E-state index in [0.29, 0.717) is 17.8 Å². The molecule has 2 aliphatic rings. The van der Waals surface area contributed by atoms with Gasteiger partial charge < -0.3 is 20.6 Å². The van der Waals surface area contributed by atoms with Gasteiger partial charge in [-0.15, -0.1) is 0 Å². The van der Waals surface area contributed by atoms with Gasteiger partial charge in [-0.05, 0) is 49.6 Å². The molecule has 0 radical (unpaired) electrons. The van der Waals surface area contributed by atoms with Crippen molar-refractivity contribution in [3.05, 3.63) is 95.6 Å². The van der Waals surface area contributed by atoms with E-state index in [9.17, 15) is 24.3 Å². The summed E-state index contributed by atoms with van der Waals surface area (Å²) in [4.78, 5) is 52.7. The third-order valence-corrected chi connectivity index (χ3v) is 5.78. The predicted molar refractivity (Wildman–Crippen MR) is 135 cm³/mol. The molecule has 2 aliphatic heterocycles. The van der Waals surface area contributed by atoms with Crippen molar-refractivity contribution < 1.29 is 24.3 Å². The van der Waals surface area contributed by atoms with E-state index >= 15 is 0 Å². The van der Waals surface area contributed by atoms with E-state index in [1.165, 1.54) is 16.7 Å². The number of carbonyl (C=O) groups is 4. The number of aryl methyl sites for hydroxylation is 1. The van der Waals surface area contributed by atoms with Gasteiger partial charge in [0.05, 0.1) is 6.54 Å². The van der Waals surface area contributed by atoms with Crippen LogP contribution in [0.15, 0.2) is 84.5 Å². The van der Waals surface area contributed by atoms with Gasteiger partial charge in [-0.2, -0.15) is 0 Å². The SMILES string of the molecule is CC(=O)N(CCCC(NC(=O)C1=CC=CN(C(=O)c2ccccc2C)C1)C(=O)O)C1=CC=CC=CN1. The molecule has 0 aliphatic carbocycles. The first-order valence-electron chi connectivity index (χ1n) is 11.6. The molecule has 3 N–H and O–H groups in total. The molecule has 1 unspecified atom stereocenters. The molecule has 0 aromatic heterocycles. The second-order valence-electron chi connectivity index (χ2n) is 8.40. The Kier molecular flexibility index (Phi) is 8.99. The first-order valence-corrected chi connectivity index (χ1v) is 11.6. The van der Waals surface area contributed by atoms with E-state index in [1.807, 2.05) is 25.1 Å². The van der Waals surface area contributed by atoms with Gasteiger partial charge in [0, 0.05) is 37.0 Å². The van der Waals surface area contributed by atoms with Crippen molar-refractivity contribution in [2.24, 2.45) is 0 Å². The number of amides is 3. The van der Waals surface area contributed by atoms with Crippen molar-refractivity contribution in [1.82, 2.24) is 20.4 Å². The molecule has 36 heavy (non-hydrogen) atoms. The molecule has 188 valence electrons. The van der Waals surface area contributed by atoms with Crippen molar-refractivity contribution in [1.29, 1.82) is 0 Å². The second-order valence-corrected chi connectivity index (χ2v) is 8.40. The molecule has 9 nitrogen and oxygen atoms in total. The Labute approximate surface area is 210 Å². The molecule has 0 fully saturated rings. The van der Waals surface area contributed by atoms with E-state index in [-0.39, 0.29) is 36.9 Å². The molecule has 1 aromatic carbocycles. The third kappa shape index (κ3) is 6.82. The molecular weight excluding hydrogens is 460 g/mol. The lowest BCUT2D eigenvalue weighted by Gasteiger charge is -2.25. The Hall–Kier alpha value is -4.40. The van der Waals surface area contributed by atoms with Crippen molar-refractivity contribution in [3.63, 3.8) is 0 Å². The van der Waals surface area contributed by atoms with Gasteiger partial charge in [0.25, 0.3) is 5.91 Å². The van der Waals surface area contributed by atoms with Crippen LogP contribution in [0.5, 0.6) is 0 Å². The topological polar surface area (TPSA) is 119 Å². The first kappa shape index (κ1) is 26.2. The molecule has 0 spiro atoms. The van der Waals surface area contributed by atoms with Gasteiger partial charge in [-0.3, -0.25) is 19.3 Å². The van der Waals surface area contributed by atoms with Crippen LogP contribution < -0.4 is 10.6 Å². The molecule has 0 bridgehead atoms. The van der Waals surface area contributed by atoms with Crippen LogP contribution >= 0.6 is 0 Å². The molecule has 0 saturated carbocycles. The summed E-state index contributed by atoms with van der Waals surface area (Å²) in [6.07, 6.45) is 14.1. The minimum absolute atomic E-state index is 0.0286. The fourth-order valence-electron chi connectivity index (χ4n) is 3.83. The van der Waals surface area contributed by atoms with Crippen LogP contribution in [0.1, 0.15) is 35.7 Å². The number of hydrogen-bond acceptors (Lipinski definition) is 5. The van der Waals surface area contributed by atoms with Gasteiger partial charge in [0.1, 0.15) is 11.9 Å². The largest absolute Gasteiger partial charge is 0.480 e. The average molecular weight is 491 g/mol. The highest BCUT2D eigenvalue weighted by Gasteiger charge is 2.26. The monoisotopic (exact) mass is 490 g/mol. The lowest BCUT2D eigenvalue weighted by molar-refractivity contribution is -0.141. The Balaban J connectivity index is 1.59. The fourth-order valence-corrected chi connectivity index (χ4v) is 3.83. The van der Waals surface area contributed by atoms with Crippen LogP contribution in [0.25, 0.3) is 0 Å². The molecule has 3 rings (SSSR count). The van der Waals surface area contributed by atoms with Gasteiger partial charge in [-0.25, -0.2) is 4.79 Å². The maximum absolute atomic E-state index is 12.9. The van der Waals surface area contributed by atoms with E-state index in [2.05, 4.69) is 10.6 Å². The summed E-state index contributed by atoms with van der Waals surface area (Å²) in [5, 5.41) is 15.2. The van der Waals surface area contributed by atoms with Crippen molar-refractivity contribution in [2.75, 3.05) is 13.1 Å². The summed E-state index contributed by atoms with van der Waals surface area (Å²) < 4.78 is 0. The Morgan fingerprint density at radius 2 is 1.89 bits per heavy atom. The number of carboxylic acids is 1. The molecule has 1 atom stereocenters. The van der Waals surface area contributed by atoms with Gasteiger partial charge in [-0.1, -0.05) is 36.4 Å². The number of hydrogen-bond donors (Lipinski definition) is 3. The summed E-state index contributed by atoms with van der Waals surface area (Å²) in [7, 11) is 0. The van der Waals surface area contributed by atoms with E-state index in [4.69, 9.17) is 0 Å². The lowest BCUT2D eigenvalue weighted by atomic mass is 10.1. The number of benzene rings is 1. The van der Waals surface area contributed by atoms with Crippen LogP contribution in [0.3, 0.4) is 0 Å². The predicted octanol–water partition coefficient (Wildman–Crippen LogP) is 2.60. The Morgan fingerprint density at radius 3 is 2.61 bits per heavy atom. The number of carboxylic acid groups (broad SMARTS) is 1. The highest BCUT2D eigenvalue weighted by Crippen LogP contribution is 2.16. The van der Waals surface area contributed by atoms with Crippen molar-refractivity contribution in [2.45, 2.75) is 32.7 Å². The van der Waals surface area contributed by atoms with Crippen LogP contribution in [0.2, 0.25) is 0 Å². The summed E-state index contributed by atoms with van der Waals surface area (Å²) in [6, 6.07) is 6.04. The van der Waals surface area contributed by atoms with Gasteiger partial charge >= 0.3 is 5.97 Å². The zero-order chi connectivity index (χ0) is 26.1. The van der Waals surface area contributed by atoms with Crippen LogP contribution in [-0.4, -0.2) is 57.7 Å². The van der Waals surface area contributed by atoms with Gasteiger partial charge in [0.15, 0.2) is 0 Å². The zero-order valence-corrected chi connectivity index (χ0v) is 20.3. The minimum Gasteiger partial charge on any atom is -0.480 e. The smallest absolute Gasteiger partial charge is 0.326 e. The molecule has 3 amide bonds. The minimum atomic E-state index is -1.17. The first-order chi connectivity index (χ1) is 17.3. The molecule has 1 aromatic rings. The summed E-state index contributed by atoms with van der Waals surface area (Å²) in [5.74, 6) is -1.57. The standard InChI is InChI=1S/C27H30N4O5/c1-19-10-5-6-12-22(19)26(34)30-16-8-11-21(18-30)25(33)29-23(27(35)36)13-9-17-31(20(2)32)24-14-4-3-7-15-28-24/h3-8,10-12,14-16,23,28H,9,13,17-18H2,1-2H3,(H,29,33)(H,35,36). The number of aliphatic carboxylic acids is 1. The maximum atomic E-state index is 12.9. The zero-order valence-electron chi connectivity index (χ0n) is 20.3. The number of allylic oxidation sites excluding steroid dienone is 6. The van der Waals surface area contributed by atoms with Crippen molar-refractivity contribution >= 4 is 23.7 Å². The van der Waals surface area contributed by atoms with E-state index < -0.39 is 17.9 Å². The normalized spacial score (nSPS) is 15.2. The highest BCUT2D eigenvalue weighted by molar-refractivity contribution is 6.00. The number of nitrogens with one attached hydrogen (secondary N) is 2. The molecule has 9 heteroatoms. The molecular formula is C27H30N4O5. The average Bonchev–Trinajstić information content (AvgIpc) is 3.14. The fraction of sp³-hybridized carbons (Fsp3) is 0.259. The third-order valence-electron chi connectivity index (χ3n) is 5.78. The summed E-state index contributed by atoms with van der Waals surface area (Å²) in [6.45, 7) is 3.58. The van der Waals surface area contributed by atoms with Crippen LogP contribution in [0.4, 0.5) is 0 Å². The quantitative estimate of drug-likeness (QED) is 0.490. The Bertz CT molecular complexity index is 1180. The number of rotatable bonds is 9.